The summed E-state index contributed by atoms with van der Waals surface area (Å²) in [4.78, 5) is 16.0. The number of hydrogen-bond donors (Lipinski definition) is 2. The first-order valence-corrected chi connectivity index (χ1v) is 4.43. The molecule has 0 fully saturated rings. The number of amides is 1. The van der Waals surface area contributed by atoms with Crippen LogP contribution in [-0.4, -0.2) is 17.6 Å². The van der Waals surface area contributed by atoms with Crippen LogP contribution in [0.4, 0.5) is 0 Å². The van der Waals surface area contributed by atoms with Crippen molar-refractivity contribution in [2.24, 2.45) is 0 Å². The topological polar surface area (TPSA) is 58.6 Å². The number of carbonyl (C=O) groups is 1. The van der Waals surface area contributed by atoms with E-state index in [0.717, 1.165) is 0 Å². The summed E-state index contributed by atoms with van der Waals surface area (Å²) in [6, 6.07) is 4.21. The number of phenols is 1. The van der Waals surface area contributed by atoms with E-state index in [1.807, 2.05) is 0 Å². The summed E-state index contributed by atoms with van der Waals surface area (Å²) in [5, 5.41) is 9.71. The van der Waals surface area contributed by atoms with E-state index < -0.39 is 5.91 Å². The third-order valence-electron chi connectivity index (χ3n) is 1.51. The molecule has 76 valence electrons. The third-order valence-corrected chi connectivity index (χ3v) is 1.75. The number of hydroxylamine groups is 1. The van der Waals surface area contributed by atoms with E-state index in [9.17, 15) is 9.90 Å². The van der Waals surface area contributed by atoms with Crippen LogP contribution in [0, 0.1) is 0 Å². The molecule has 1 rings (SSSR count). The highest BCUT2D eigenvalue weighted by molar-refractivity contribution is 6.31. The molecule has 0 spiro atoms. The van der Waals surface area contributed by atoms with Gasteiger partial charge in [0.25, 0.3) is 5.91 Å². The first-order valence-electron chi connectivity index (χ1n) is 4.05. The molecule has 1 aromatic carbocycles. The molecular formula is C9H10ClNO3. The Hall–Kier alpha value is -1.26. The Kier molecular flexibility index (Phi) is 3.73. The lowest BCUT2D eigenvalue weighted by Gasteiger charge is -2.05. The molecule has 0 atom stereocenters. The average Bonchev–Trinajstić information content (AvgIpc) is 2.18. The molecule has 14 heavy (non-hydrogen) atoms. The molecule has 0 saturated heterocycles. The smallest absolute Gasteiger partial charge is 0.278 e. The summed E-state index contributed by atoms with van der Waals surface area (Å²) in [5.41, 5.74) is 2.25. The van der Waals surface area contributed by atoms with Gasteiger partial charge in [-0.15, -0.1) is 0 Å². The van der Waals surface area contributed by atoms with E-state index in [1.165, 1.54) is 18.2 Å². The van der Waals surface area contributed by atoms with Crippen molar-refractivity contribution in [2.45, 2.75) is 6.92 Å². The fourth-order valence-corrected chi connectivity index (χ4v) is 1.05. The average molecular weight is 216 g/mol. The minimum atomic E-state index is -0.521. The summed E-state index contributed by atoms with van der Waals surface area (Å²) < 4.78 is 0. The normalized spacial score (nSPS) is 9.86. The van der Waals surface area contributed by atoms with Gasteiger partial charge in [-0.3, -0.25) is 9.63 Å². The molecule has 0 unspecified atom stereocenters. The highest BCUT2D eigenvalue weighted by atomic mass is 35.5. The van der Waals surface area contributed by atoms with Crippen molar-refractivity contribution in [3.8, 4) is 5.75 Å². The van der Waals surface area contributed by atoms with E-state index in [4.69, 9.17) is 16.4 Å². The van der Waals surface area contributed by atoms with Crippen LogP contribution >= 0.6 is 11.6 Å². The zero-order valence-electron chi connectivity index (χ0n) is 7.58. The van der Waals surface area contributed by atoms with Gasteiger partial charge in [-0.2, -0.15) is 0 Å². The van der Waals surface area contributed by atoms with Crippen molar-refractivity contribution < 1.29 is 14.7 Å². The number of carbonyl (C=O) groups excluding carboxylic acids is 1. The summed E-state index contributed by atoms with van der Waals surface area (Å²) in [5.74, 6) is -0.654. The molecule has 5 heteroatoms. The van der Waals surface area contributed by atoms with Crippen LogP contribution in [0.25, 0.3) is 0 Å². The van der Waals surface area contributed by atoms with Crippen LogP contribution in [0.1, 0.15) is 17.3 Å². The van der Waals surface area contributed by atoms with Gasteiger partial charge in [0.05, 0.1) is 12.2 Å². The number of benzene rings is 1. The van der Waals surface area contributed by atoms with Crippen molar-refractivity contribution in [3.63, 3.8) is 0 Å². The summed E-state index contributed by atoms with van der Waals surface area (Å²) in [7, 11) is 0. The second-order valence-electron chi connectivity index (χ2n) is 2.53. The molecular weight excluding hydrogens is 206 g/mol. The van der Waals surface area contributed by atoms with Gasteiger partial charge in [-0.05, 0) is 25.1 Å². The first kappa shape index (κ1) is 10.8. The summed E-state index contributed by atoms with van der Waals surface area (Å²) in [6.45, 7) is 2.09. The van der Waals surface area contributed by atoms with E-state index >= 15 is 0 Å². The van der Waals surface area contributed by atoms with E-state index in [2.05, 4.69) is 5.48 Å². The van der Waals surface area contributed by atoms with E-state index in [0.29, 0.717) is 11.6 Å². The molecule has 0 aliphatic rings. The molecule has 0 heterocycles. The first-order chi connectivity index (χ1) is 6.65. The Morgan fingerprint density at radius 1 is 1.64 bits per heavy atom. The van der Waals surface area contributed by atoms with Crippen molar-refractivity contribution in [2.75, 3.05) is 6.61 Å². The van der Waals surface area contributed by atoms with Crippen molar-refractivity contribution >= 4 is 17.5 Å². The fourth-order valence-electron chi connectivity index (χ4n) is 0.883. The number of hydrogen-bond acceptors (Lipinski definition) is 3. The highest BCUT2D eigenvalue weighted by Crippen LogP contribution is 2.21. The molecule has 1 amide bonds. The SMILES string of the molecule is CCONC(=O)c1cc(Cl)ccc1O. The minimum absolute atomic E-state index is 0.0888. The predicted octanol–water partition coefficient (Wildman–Crippen LogP) is 1.73. The van der Waals surface area contributed by atoms with Gasteiger partial charge in [0.2, 0.25) is 0 Å². The second kappa shape index (κ2) is 4.83. The molecule has 2 N–H and O–H groups in total. The fraction of sp³-hybridized carbons (Fsp3) is 0.222. The Morgan fingerprint density at radius 3 is 3.00 bits per heavy atom. The third kappa shape index (κ3) is 2.61. The maximum absolute atomic E-state index is 11.3. The molecule has 0 aliphatic heterocycles. The molecule has 0 saturated carbocycles. The molecule has 0 radical (unpaired) electrons. The Bertz CT molecular complexity index is 341. The van der Waals surface area contributed by atoms with Crippen molar-refractivity contribution in [1.82, 2.24) is 5.48 Å². The van der Waals surface area contributed by atoms with Crippen LogP contribution < -0.4 is 5.48 Å². The van der Waals surface area contributed by atoms with Crippen LogP contribution in [-0.2, 0) is 4.84 Å². The molecule has 1 aromatic rings. The number of rotatable bonds is 3. The molecule has 4 nitrogen and oxygen atoms in total. The minimum Gasteiger partial charge on any atom is -0.507 e. The van der Waals surface area contributed by atoms with Gasteiger partial charge < -0.3 is 5.11 Å². The van der Waals surface area contributed by atoms with Crippen LogP contribution in [0.15, 0.2) is 18.2 Å². The van der Waals surface area contributed by atoms with E-state index in [-0.39, 0.29) is 11.3 Å². The van der Waals surface area contributed by atoms with Gasteiger partial charge in [0.15, 0.2) is 0 Å². The monoisotopic (exact) mass is 215 g/mol. The maximum atomic E-state index is 11.3. The number of halogens is 1. The standard InChI is InChI=1S/C9H10ClNO3/c1-2-14-11-9(13)7-5-6(10)3-4-8(7)12/h3-5,12H,2H2,1H3,(H,11,13). The lowest BCUT2D eigenvalue weighted by atomic mass is 10.2. The number of phenolic OH excluding ortho intramolecular Hbond substituents is 1. The van der Waals surface area contributed by atoms with Gasteiger partial charge in [-0.1, -0.05) is 11.6 Å². The zero-order chi connectivity index (χ0) is 10.6. The summed E-state index contributed by atoms with van der Waals surface area (Å²) >= 11 is 5.66. The Labute approximate surface area is 86.4 Å². The second-order valence-corrected chi connectivity index (χ2v) is 2.96. The maximum Gasteiger partial charge on any atom is 0.278 e. The van der Waals surface area contributed by atoms with Crippen molar-refractivity contribution in [1.29, 1.82) is 0 Å². The van der Waals surface area contributed by atoms with Gasteiger partial charge in [-0.25, -0.2) is 5.48 Å². The van der Waals surface area contributed by atoms with Crippen molar-refractivity contribution in [3.05, 3.63) is 28.8 Å². The van der Waals surface area contributed by atoms with Gasteiger partial charge >= 0.3 is 0 Å². The van der Waals surface area contributed by atoms with Gasteiger partial charge in [0, 0.05) is 5.02 Å². The van der Waals surface area contributed by atoms with E-state index in [1.54, 1.807) is 6.92 Å². The molecule has 0 aliphatic carbocycles. The Balaban J connectivity index is 2.83. The number of aromatic hydroxyl groups is 1. The highest BCUT2D eigenvalue weighted by Gasteiger charge is 2.10. The largest absolute Gasteiger partial charge is 0.507 e. The van der Waals surface area contributed by atoms with Crippen LogP contribution in [0.3, 0.4) is 0 Å². The molecule has 0 bridgehead atoms. The molecule has 0 aromatic heterocycles. The number of nitrogens with one attached hydrogen (secondary N) is 1. The summed E-state index contributed by atoms with van der Waals surface area (Å²) in [6.07, 6.45) is 0. The lowest BCUT2D eigenvalue weighted by Crippen LogP contribution is -2.23. The Morgan fingerprint density at radius 2 is 2.36 bits per heavy atom. The lowest BCUT2D eigenvalue weighted by molar-refractivity contribution is 0.0362. The van der Waals surface area contributed by atoms with Crippen LogP contribution in [0.5, 0.6) is 5.75 Å². The quantitative estimate of drug-likeness (QED) is 0.755. The van der Waals surface area contributed by atoms with Crippen LogP contribution in [0.2, 0.25) is 5.02 Å². The zero-order valence-corrected chi connectivity index (χ0v) is 8.34. The predicted molar refractivity (Wildman–Crippen MR) is 52.2 cm³/mol. The van der Waals surface area contributed by atoms with Gasteiger partial charge in [0.1, 0.15) is 5.75 Å².